The van der Waals surface area contributed by atoms with Crippen molar-refractivity contribution in [3.05, 3.63) is 0 Å². The zero-order chi connectivity index (χ0) is 23.1. The molecule has 0 aromatic heterocycles. The summed E-state index contributed by atoms with van der Waals surface area (Å²) in [7, 11) is -4.64. The molecular formula is C22H49N2O5P. The van der Waals surface area contributed by atoms with Gasteiger partial charge in [-0.3, -0.25) is 10.2 Å². The van der Waals surface area contributed by atoms with Gasteiger partial charge in [0.2, 0.25) is 5.91 Å². The highest BCUT2D eigenvalue weighted by Gasteiger charge is 2.04. The molecule has 1 amide bonds. The van der Waals surface area contributed by atoms with Crippen molar-refractivity contribution in [3.8, 4) is 0 Å². The van der Waals surface area contributed by atoms with Crippen LogP contribution in [-0.4, -0.2) is 38.7 Å². The Bertz CT molecular complexity index is 406. The number of hydrogen-bond donors (Lipinski definition) is 4. The van der Waals surface area contributed by atoms with Gasteiger partial charge in [-0.15, -0.1) is 0 Å². The van der Waals surface area contributed by atoms with Gasteiger partial charge in [-0.05, 0) is 6.42 Å². The van der Waals surface area contributed by atoms with Gasteiger partial charge < -0.3 is 14.7 Å². The molecule has 4 N–H and O–H groups in total. The fourth-order valence-corrected chi connectivity index (χ4v) is 3.27. The summed E-state index contributed by atoms with van der Waals surface area (Å²) < 4.78 is 8.88. The van der Waals surface area contributed by atoms with Crippen molar-refractivity contribution in [3.63, 3.8) is 0 Å². The molecule has 0 saturated carbocycles. The maximum absolute atomic E-state index is 11.8. The average molecular weight is 453 g/mol. The molecule has 0 unspecified atom stereocenters. The van der Waals surface area contributed by atoms with E-state index in [9.17, 15) is 4.79 Å². The maximum atomic E-state index is 11.8. The SMILES string of the molecule is CCCCCCCCCCCCCCCCCC(=O)NN(CC)CC.O=P(O)(O)O. The van der Waals surface area contributed by atoms with Crippen molar-refractivity contribution in [2.24, 2.45) is 0 Å². The van der Waals surface area contributed by atoms with E-state index in [1.165, 1.54) is 89.9 Å². The summed E-state index contributed by atoms with van der Waals surface area (Å²) in [6.45, 7) is 8.17. The first kappa shape index (κ1) is 31.7. The summed E-state index contributed by atoms with van der Waals surface area (Å²) >= 11 is 0. The molecule has 0 heterocycles. The summed E-state index contributed by atoms with van der Waals surface area (Å²) in [6.07, 6.45) is 21.1. The Morgan fingerprint density at radius 3 is 1.27 bits per heavy atom. The number of hydrogen-bond acceptors (Lipinski definition) is 3. The molecular weight excluding hydrogens is 403 g/mol. The van der Waals surface area contributed by atoms with Gasteiger partial charge in [0, 0.05) is 19.5 Å². The number of nitrogens with zero attached hydrogens (tertiary/aromatic N) is 1. The molecule has 0 rings (SSSR count). The smallest absolute Gasteiger partial charge is 0.303 e. The number of unbranched alkanes of at least 4 members (excludes halogenated alkanes) is 14. The minimum atomic E-state index is -4.64. The molecule has 30 heavy (non-hydrogen) atoms. The summed E-state index contributed by atoms with van der Waals surface area (Å²) in [5, 5.41) is 1.97. The van der Waals surface area contributed by atoms with Gasteiger partial charge in [0.25, 0.3) is 0 Å². The molecule has 0 aliphatic heterocycles. The molecule has 182 valence electrons. The summed E-state index contributed by atoms with van der Waals surface area (Å²) in [5.74, 6) is 0.179. The Hall–Kier alpha value is -0.460. The lowest BCUT2D eigenvalue weighted by atomic mass is 10.0. The number of carbonyl (C=O) groups is 1. The van der Waals surface area contributed by atoms with Crippen LogP contribution >= 0.6 is 7.82 Å². The highest BCUT2D eigenvalue weighted by molar-refractivity contribution is 7.45. The van der Waals surface area contributed by atoms with E-state index in [-0.39, 0.29) is 5.91 Å². The Labute approximate surface area is 185 Å². The largest absolute Gasteiger partial charge is 0.466 e. The highest BCUT2D eigenvalue weighted by atomic mass is 31.2. The summed E-state index contributed by atoms with van der Waals surface area (Å²) in [6, 6.07) is 0. The van der Waals surface area contributed by atoms with Crippen molar-refractivity contribution >= 4 is 13.7 Å². The third kappa shape index (κ3) is 32.2. The molecule has 0 aliphatic carbocycles. The van der Waals surface area contributed by atoms with Crippen LogP contribution in [0.4, 0.5) is 0 Å². The van der Waals surface area contributed by atoms with E-state index in [4.69, 9.17) is 19.2 Å². The van der Waals surface area contributed by atoms with Crippen molar-refractivity contribution < 1.29 is 24.0 Å². The van der Waals surface area contributed by atoms with Gasteiger partial charge in [0.05, 0.1) is 0 Å². The van der Waals surface area contributed by atoms with E-state index in [2.05, 4.69) is 26.2 Å². The summed E-state index contributed by atoms with van der Waals surface area (Å²) in [5.41, 5.74) is 2.96. The van der Waals surface area contributed by atoms with E-state index in [0.717, 1.165) is 19.5 Å². The lowest BCUT2D eigenvalue weighted by Gasteiger charge is -2.19. The first-order valence-corrected chi connectivity index (χ1v) is 13.6. The van der Waals surface area contributed by atoms with Gasteiger partial charge >= 0.3 is 7.82 Å². The molecule has 8 heteroatoms. The van der Waals surface area contributed by atoms with Gasteiger partial charge in [0.15, 0.2) is 0 Å². The molecule has 0 radical (unpaired) electrons. The molecule has 7 nitrogen and oxygen atoms in total. The minimum Gasteiger partial charge on any atom is -0.303 e. The number of rotatable bonds is 19. The van der Waals surface area contributed by atoms with Crippen LogP contribution in [0.3, 0.4) is 0 Å². The van der Waals surface area contributed by atoms with Crippen LogP contribution in [0.1, 0.15) is 124 Å². The van der Waals surface area contributed by atoms with Gasteiger partial charge in [-0.1, -0.05) is 111 Å². The number of phosphoric acid groups is 1. The van der Waals surface area contributed by atoms with Crippen LogP contribution in [0.15, 0.2) is 0 Å². The topological polar surface area (TPSA) is 110 Å². The van der Waals surface area contributed by atoms with Crippen LogP contribution in [-0.2, 0) is 9.36 Å². The normalized spacial score (nSPS) is 11.3. The highest BCUT2D eigenvalue weighted by Crippen LogP contribution is 2.25. The third-order valence-electron chi connectivity index (χ3n) is 5.05. The lowest BCUT2D eigenvalue weighted by Crippen LogP contribution is -2.41. The zero-order valence-electron chi connectivity index (χ0n) is 19.8. The van der Waals surface area contributed by atoms with Crippen molar-refractivity contribution in [1.29, 1.82) is 0 Å². The lowest BCUT2D eigenvalue weighted by molar-refractivity contribution is -0.125. The molecule has 0 aromatic carbocycles. The number of hydrazine groups is 1. The van der Waals surface area contributed by atoms with Crippen molar-refractivity contribution in [2.75, 3.05) is 13.1 Å². The molecule has 0 aliphatic rings. The Morgan fingerprint density at radius 2 is 0.967 bits per heavy atom. The van der Waals surface area contributed by atoms with Crippen LogP contribution < -0.4 is 5.43 Å². The summed E-state index contributed by atoms with van der Waals surface area (Å²) in [4.78, 5) is 33.3. The second-order valence-corrected chi connectivity index (χ2v) is 8.95. The quantitative estimate of drug-likeness (QED) is 0.114. The average Bonchev–Trinajstić information content (AvgIpc) is 2.67. The van der Waals surface area contributed by atoms with E-state index in [1.54, 1.807) is 0 Å². The fraction of sp³-hybridized carbons (Fsp3) is 0.955. The standard InChI is InChI=1S/C22H46N2O.H3O4P/c1-4-7-8-9-10-11-12-13-14-15-16-17-18-19-20-21-22(25)23-24(5-2)6-3;1-5(2,3)4/h4-21H2,1-3H3,(H,23,25);(H3,1,2,3,4). The molecule has 0 bridgehead atoms. The van der Waals surface area contributed by atoms with Crippen LogP contribution in [0.5, 0.6) is 0 Å². The second-order valence-electron chi connectivity index (χ2n) is 7.92. The van der Waals surface area contributed by atoms with E-state index >= 15 is 0 Å². The fourth-order valence-electron chi connectivity index (χ4n) is 3.27. The Kier molecular flexibility index (Phi) is 24.5. The number of amides is 1. The van der Waals surface area contributed by atoms with E-state index in [1.807, 2.05) is 5.01 Å². The monoisotopic (exact) mass is 452 g/mol. The second kappa shape index (κ2) is 23.2. The molecule has 0 fully saturated rings. The Balaban J connectivity index is 0. The predicted octanol–water partition coefficient (Wildman–Crippen LogP) is 5.69. The maximum Gasteiger partial charge on any atom is 0.466 e. The van der Waals surface area contributed by atoms with E-state index < -0.39 is 7.82 Å². The molecule has 0 saturated heterocycles. The van der Waals surface area contributed by atoms with Gasteiger partial charge in [-0.25, -0.2) is 9.57 Å². The molecule has 0 aromatic rings. The molecule has 0 spiro atoms. The van der Waals surface area contributed by atoms with E-state index in [0.29, 0.717) is 6.42 Å². The Morgan fingerprint density at radius 1 is 0.667 bits per heavy atom. The minimum absolute atomic E-state index is 0.179. The van der Waals surface area contributed by atoms with Gasteiger partial charge in [-0.2, -0.15) is 0 Å². The van der Waals surface area contributed by atoms with Crippen LogP contribution in [0.25, 0.3) is 0 Å². The molecule has 0 atom stereocenters. The van der Waals surface area contributed by atoms with Crippen LogP contribution in [0.2, 0.25) is 0 Å². The predicted molar refractivity (Wildman–Crippen MR) is 125 cm³/mol. The van der Waals surface area contributed by atoms with Crippen LogP contribution in [0, 0.1) is 0 Å². The third-order valence-corrected chi connectivity index (χ3v) is 5.05. The van der Waals surface area contributed by atoms with Crippen molar-refractivity contribution in [2.45, 2.75) is 124 Å². The number of nitrogens with one attached hydrogen (secondary N) is 1. The first-order valence-electron chi connectivity index (χ1n) is 12.1. The first-order chi connectivity index (χ1) is 14.2. The number of carbonyl (C=O) groups excluding carboxylic acids is 1. The van der Waals surface area contributed by atoms with Crippen molar-refractivity contribution in [1.82, 2.24) is 10.4 Å². The zero-order valence-corrected chi connectivity index (χ0v) is 20.7. The van der Waals surface area contributed by atoms with Gasteiger partial charge in [0.1, 0.15) is 0 Å².